The number of nitrogens with one attached hydrogen (secondary N) is 1. The highest BCUT2D eigenvalue weighted by molar-refractivity contribution is 7.89. The Labute approximate surface area is 121 Å². The van der Waals surface area contributed by atoms with E-state index in [1.807, 2.05) is 0 Å². The van der Waals surface area contributed by atoms with Gasteiger partial charge in [0.1, 0.15) is 0 Å². The largest absolute Gasteiger partial charge is 0.352 e. The first-order chi connectivity index (χ1) is 9.35. The van der Waals surface area contributed by atoms with Crippen LogP contribution in [0.2, 0.25) is 0 Å². The van der Waals surface area contributed by atoms with Crippen molar-refractivity contribution in [3.8, 4) is 0 Å². The van der Waals surface area contributed by atoms with E-state index in [1.54, 1.807) is 24.3 Å². The van der Waals surface area contributed by atoms with Gasteiger partial charge in [0, 0.05) is 18.4 Å². The van der Waals surface area contributed by atoms with Crippen molar-refractivity contribution in [1.82, 2.24) is 5.32 Å². The van der Waals surface area contributed by atoms with Crippen molar-refractivity contribution in [2.75, 3.05) is 12.8 Å². The molecule has 1 aromatic carbocycles. The Balaban J connectivity index is 2.62. The van der Waals surface area contributed by atoms with Crippen LogP contribution in [-0.4, -0.2) is 27.1 Å². The molecule has 0 aliphatic carbocycles. The van der Waals surface area contributed by atoms with Gasteiger partial charge in [-0.2, -0.15) is 0 Å². The Morgan fingerprint density at radius 3 is 2.15 bits per heavy atom. The second kappa shape index (κ2) is 7.43. The van der Waals surface area contributed by atoms with Crippen LogP contribution in [-0.2, 0) is 15.6 Å². The Hall–Kier alpha value is -1.36. The molecule has 0 radical (unpaired) electrons. The maximum absolute atomic E-state index is 11.9. The maximum atomic E-state index is 11.9. The van der Waals surface area contributed by atoms with E-state index in [1.165, 1.54) is 6.26 Å². The van der Waals surface area contributed by atoms with E-state index < -0.39 is 9.84 Å². The van der Waals surface area contributed by atoms with Crippen molar-refractivity contribution in [1.29, 1.82) is 0 Å². The molecular weight excluding hydrogens is 274 g/mol. The van der Waals surface area contributed by atoms with Crippen molar-refractivity contribution < 1.29 is 13.2 Å². The zero-order valence-corrected chi connectivity index (χ0v) is 13.2. The monoisotopic (exact) mass is 297 g/mol. The smallest absolute Gasteiger partial charge is 0.251 e. The molecule has 0 aromatic heterocycles. The van der Waals surface area contributed by atoms with Gasteiger partial charge in [0.05, 0.1) is 5.75 Å². The van der Waals surface area contributed by atoms with Gasteiger partial charge in [-0.3, -0.25) is 4.79 Å². The molecule has 1 aromatic rings. The summed E-state index contributed by atoms with van der Waals surface area (Å²) in [5.74, 6) is 0.397. The first-order valence-corrected chi connectivity index (χ1v) is 8.96. The number of hydrogen-bond donors (Lipinski definition) is 1. The lowest BCUT2D eigenvalue weighted by Crippen LogP contribution is -2.28. The number of carbonyl (C=O) groups excluding carboxylic acids is 1. The molecule has 0 heterocycles. The van der Waals surface area contributed by atoms with Gasteiger partial charge in [-0.25, -0.2) is 8.42 Å². The summed E-state index contributed by atoms with van der Waals surface area (Å²) in [5, 5.41) is 2.91. The third-order valence-electron chi connectivity index (χ3n) is 3.35. The van der Waals surface area contributed by atoms with Crippen LogP contribution in [0.15, 0.2) is 24.3 Å². The van der Waals surface area contributed by atoms with E-state index in [9.17, 15) is 13.2 Å². The van der Waals surface area contributed by atoms with Crippen molar-refractivity contribution in [3.63, 3.8) is 0 Å². The summed E-state index contributed by atoms with van der Waals surface area (Å²) in [6, 6.07) is 6.71. The lowest BCUT2D eigenvalue weighted by Gasteiger charge is -2.13. The molecule has 112 valence electrons. The molecule has 1 rings (SSSR count). The van der Waals surface area contributed by atoms with Crippen molar-refractivity contribution >= 4 is 15.7 Å². The van der Waals surface area contributed by atoms with Gasteiger partial charge in [-0.15, -0.1) is 0 Å². The number of rotatable bonds is 7. The molecule has 0 spiro atoms. The third-order valence-corrected chi connectivity index (χ3v) is 4.21. The van der Waals surface area contributed by atoms with Gasteiger partial charge >= 0.3 is 0 Å². The first-order valence-electron chi connectivity index (χ1n) is 6.90. The predicted molar refractivity (Wildman–Crippen MR) is 81.4 cm³/mol. The standard InChI is InChI=1S/C15H23NO3S/c1-4-12(5-2)10-16-15(17)14-8-6-13(7-9-14)11-20(3,18)19/h6-9,12H,4-5,10-11H2,1-3H3,(H,16,17). The molecule has 0 aliphatic rings. The van der Waals surface area contributed by atoms with E-state index in [2.05, 4.69) is 19.2 Å². The maximum Gasteiger partial charge on any atom is 0.251 e. The number of amides is 1. The van der Waals surface area contributed by atoms with Crippen LogP contribution in [0.3, 0.4) is 0 Å². The number of carbonyl (C=O) groups is 1. The highest BCUT2D eigenvalue weighted by Gasteiger charge is 2.10. The van der Waals surface area contributed by atoms with Gasteiger partial charge in [-0.1, -0.05) is 38.8 Å². The summed E-state index contributed by atoms with van der Waals surface area (Å²) in [4.78, 5) is 11.9. The molecule has 5 heteroatoms. The van der Waals surface area contributed by atoms with Crippen LogP contribution in [0, 0.1) is 5.92 Å². The second-order valence-corrected chi connectivity index (χ2v) is 7.30. The fraction of sp³-hybridized carbons (Fsp3) is 0.533. The summed E-state index contributed by atoms with van der Waals surface area (Å²) >= 11 is 0. The number of sulfone groups is 1. The molecule has 0 bridgehead atoms. The molecule has 0 unspecified atom stereocenters. The minimum Gasteiger partial charge on any atom is -0.352 e. The SMILES string of the molecule is CCC(CC)CNC(=O)c1ccc(CS(C)(=O)=O)cc1. The molecule has 1 N–H and O–H groups in total. The van der Waals surface area contributed by atoms with Crippen molar-refractivity contribution in [2.45, 2.75) is 32.4 Å². The Morgan fingerprint density at radius 1 is 1.15 bits per heavy atom. The fourth-order valence-electron chi connectivity index (χ4n) is 1.97. The average molecular weight is 297 g/mol. The summed E-state index contributed by atoms with van der Waals surface area (Å²) in [7, 11) is -3.04. The van der Waals surface area contributed by atoms with Crippen LogP contribution >= 0.6 is 0 Å². The Kier molecular flexibility index (Phi) is 6.20. The highest BCUT2D eigenvalue weighted by atomic mass is 32.2. The van der Waals surface area contributed by atoms with Crippen LogP contribution in [0.5, 0.6) is 0 Å². The molecule has 1 amide bonds. The summed E-state index contributed by atoms with van der Waals surface area (Å²) in [6.45, 7) is 4.90. The highest BCUT2D eigenvalue weighted by Crippen LogP contribution is 2.09. The summed E-state index contributed by atoms with van der Waals surface area (Å²) < 4.78 is 22.4. The molecule has 20 heavy (non-hydrogen) atoms. The first kappa shape index (κ1) is 16.7. The number of benzene rings is 1. The van der Waals surface area contributed by atoms with Crippen LogP contribution in [0.4, 0.5) is 0 Å². The molecule has 0 aliphatic heterocycles. The van der Waals surface area contributed by atoms with E-state index in [0.717, 1.165) is 12.8 Å². The van der Waals surface area contributed by atoms with Gasteiger partial charge < -0.3 is 5.32 Å². The minimum atomic E-state index is -3.04. The lowest BCUT2D eigenvalue weighted by atomic mass is 10.0. The van der Waals surface area contributed by atoms with E-state index >= 15 is 0 Å². The van der Waals surface area contributed by atoms with Gasteiger partial charge in [0.15, 0.2) is 9.84 Å². The van der Waals surface area contributed by atoms with Crippen molar-refractivity contribution in [2.24, 2.45) is 5.92 Å². The molecular formula is C15H23NO3S. The van der Waals surface area contributed by atoms with Crippen molar-refractivity contribution in [3.05, 3.63) is 35.4 Å². The van der Waals surface area contributed by atoms with E-state index in [0.29, 0.717) is 23.6 Å². The second-order valence-electron chi connectivity index (χ2n) is 5.16. The molecule has 0 fully saturated rings. The molecule has 0 atom stereocenters. The fourth-order valence-corrected chi connectivity index (χ4v) is 2.77. The van der Waals surface area contributed by atoms with Crippen LogP contribution < -0.4 is 5.32 Å². The van der Waals surface area contributed by atoms with Crippen LogP contribution in [0.25, 0.3) is 0 Å². The molecule has 0 saturated heterocycles. The molecule has 4 nitrogen and oxygen atoms in total. The van der Waals surface area contributed by atoms with Crippen LogP contribution in [0.1, 0.15) is 42.6 Å². The third kappa shape index (κ3) is 5.74. The zero-order chi connectivity index (χ0) is 15.2. The van der Waals surface area contributed by atoms with Gasteiger partial charge in [0.2, 0.25) is 0 Å². The number of hydrogen-bond acceptors (Lipinski definition) is 3. The Morgan fingerprint density at radius 2 is 1.70 bits per heavy atom. The van der Waals surface area contributed by atoms with E-state index in [4.69, 9.17) is 0 Å². The summed E-state index contributed by atoms with van der Waals surface area (Å²) in [5.41, 5.74) is 1.26. The predicted octanol–water partition coefficient (Wildman–Crippen LogP) is 2.40. The van der Waals surface area contributed by atoms with E-state index in [-0.39, 0.29) is 11.7 Å². The zero-order valence-electron chi connectivity index (χ0n) is 12.3. The topological polar surface area (TPSA) is 63.2 Å². The minimum absolute atomic E-state index is 0.00262. The lowest BCUT2D eigenvalue weighted by molar-refractivity contribution is 0.0946. The molecule has 0 saturated carbocycles. The van der Waals surface area contributed by atoms with Gasteiger partial charge in [-0.05, 0) is 23.6 Å². The Bertz CT molecular complexity index is 531. The quantitative estimate of drug-likeness (QED) is 0.840. The van der Waals surface area contributed by atoms with Gasteiger partial charge in [0.25, 0.3) is 5.91 Å². The average Bonchev–Trinajstić information content (AvgIpc) is 2.38. The normalized spacial score (nSPS) is 11.6. The summed E-state index contributed by atoms with van der Waals surface area (Å²) in [6.07, 6.45) is 3.29.